The number of ether oxygens (including phenoxy) is 1. The van der Waals surface area contributed by atoms with E-state index >= 15 is 0 Å². The molecule has 0 fully saturated rings. The highest BCUT2D eigenvalue weighted by molar-refractivity contribution is 7.90. The minimum atomic E-state index is -3.61. The first-order valence-corrected chi connectivity index (χ1v) is 7.10. The fraction of sp³-hybridized carbons (Fsp3) is 0.167. The molecule has 100 valence electrons. The summed E-state index contributed by atoms with van der Waals surface area (Å²) in [6.45, 7) is 0. The molecule has 7 heteroatoms. The molecule has 1 aromatic carbocycles. The Balaban J connectivity index is 2.39. The van der Waals surface area contributed by atoms with E-state index in [0.717, 1.165) is 0 Å². The lowest BCUT2D eigenvalue weighted by atomic mass is 10.3. The van der Waals surface area contributed by atoms with E-state index in [9.17, 15) is 8.42 Å². The third kappa shape index (κ3) is 3.00. The molecule has 2 rings (SSSR count). The van der Waals surface area contributed by atoms with Gasteiger partial charge in [-0.3, -0.25) is 0 Å². The van der Waals surface area contributed by atoms with Gasteiger partial charge in [0.25, 0.3) is 0 Å². The number of hydrogen-bond acceptors (Lipinski definition) is 6. The van der Waals surface area contributed by atoms with Crippen molar-refractivity contribution in [3.05, 3.63) is 42.5 Å². The third-order valence-electron chi connectivity index (χ3n) is 2.49. The summed E-state index contributed by atoms with van der Waals surface area (Å²) >= 11 is 0. The van der Waals surface area contributed by atoms with Crippen LogP contribution in [0.4, 0.5) is 5.69 Å². The van der Waals surface area contributed by atoms with Crippen molar-refractivity contribution in [2.75, 3.05) is 12.8 Å². The second kappa shape index (κ2) is 5.23. The highest BCUT2D eigenvalue weighted by atomic mass is 32.2. The van der Waals surface area contributed by atoms with Crippen LogP contribution in [0.1, 0.15) is 5.82 Å². The Morgan fingerprint density at radius 2 is 1.95 bits per heavy atom. The average Bonchev–Trinajstić information content (AvgIpc) is 2.39. The normalized spacial score (nSPS) is 11.2. The van der Waals surface area contributed by atoms with Gasteiger partial charge in [0, 0.05) is 18.5 Å². The van der Waals surface area contributed by atoms with E-state index < -0.39 is 9.84 Å². The molecule has 0 bridgehead atoms. The SMILES string of the molecule is COc1ccc(N)c(S(=O)(=O)Cc2ncccn2)c1. The van der Waals surface area contributed by atoms with Crippen molar-refractivity contribution >= 4 is 15.5 Å². The van der Waals surface area contributed by atoms with Crippen LogP contribution < -0.4 is 10.5 Å². The lowest BCUT2D eigenvalue weighted by Gasteiger charge is -2.08. The monoisotopic (exact) mass is 279 g/mol. The van der Waals surface area contributed by atoms with Crippen molar-refractivity contribution in [2.24, 2.45) is 0 Å². The Morgan fingerprint density at radius 3 is 2.58 bits per heavy atom. The van der Waals surface area contributed by atoms with Crippen LogP contribution in [0.3, 0.4) is 0 Å². The van der Waals surface area contributed by atoms with Gasteiger partial charge < -0.3 is 10.5 Å². The van der Waals surface area contributed by atoms with Gasteiger partial charge in [0.2, 0.25) is 0 Å². The summed E-state index contributed by atoms with van der Waals surface area (Å²) in [5.74, 6) is 0.358. The van der Waals surface area contributed by atoms with Crippen molar-refractivity contribution in [1.82, 2.24) is 9.97 Å². The summed E-state index contributed by atoms with van der Waals surface area (Å²) in [7, 11) is -2.15. The molecule has 19 heavy (non-hydrogen) atoms. The lowest BCUT2D eigenvalue weighted by Crippen LogP contribution is -2.10. The molecule has 0 unspecified atom stereocenters. The van der Waals surface area contributed by atoms with E-state index in [1.165, 1.54) is 31.6 Å². The predicted octanol–water partition coefficient (Wildman–Crippen LogP) is 1.04. The highest BCUT2D eigenvalue weighted by Gasteiger charge is 2.20. The minimum Gasteiger partial charge on any atom is -0.497 e. The molecule has 6 nitrogen and oxygen atoms in total. The van der Waals surface area contributed by atoms with Crippen LogP contribution in [0.15, 0.2) is 41.6 Å². The average molecular weight is 279 g/mol. The molecule has 0 saturated carbocycles. The van der Waals surface area contributed by atoms with Crippen LogP contribution in [0.5, 0.6) is 5.75 Å². The zero-order valence-corrected chi connectivity index (χ0v) is 11.1. The maximum atomic E-state index is 12.3. The number of rotatable bonds is 4. The van der Waals surface area contributed by atoms with Crippen LogP contribution in [-0.4, -0.2) is 25.5 Å². The number of nitrogens with zero attached hydrogens (tertiary/aromatic N) is 2. The van der Waals surface area contributed by atoms with E-state index in [4.69, 9.17) is 10.5 Å². The maximum absolute atomic E-state index is 12.3. The number of aromatic nitrogens is 2. The first kappa shape index (κ1) is 13.3. The topological polar surface area (TPSA) is 95.2 Å². The van der Waals surface area contributed by atoms with Gasteiger partial charge in [-0.1, -0.05) is 0 Å². The quantitative estimate of drug-likeness (QED) is 0.840. The summed E-state index contributed by atoms with van der Waals surface area (Å²) in [5, 5.41) is 0. The molecule has 1 heterocycles. The lowest BCUT2D eigenvalue weighted by molar-refractivity contribution is 0.413. The molecule has 0 aliphatic heterocycles. The van der Waals surface area contributed by atoms with E-state index in [1.807, 2.05) is 0 Å². The second-order valence-corrected chi connectivity index (χ2v) is 5.79. The predicted molar refractivity (Wildman–Crippen MR) is 70.3 cm³/mol. The van der Waals surface area contributed by atoms with Crippen LogP contribution in [-0.2, 0) is 15.6 Å². The standard InChI is InChI=1S/C12H13N3O3S/c1-18-9-3-4-10(13)11(7-9)19(16,17)8-12-14-5-2-6-15-12/h2-7H,8,13H2,1H3. The van der Waals surface area contributed by atoms with Crippen molar-refractivity contribution in [1.29, 1.82) is 0 Å². The minimum absolute atomic E-state index is 0.0271. The number of nitrogens with two attached hydrogens (primary N) is 1. The largest absolute Gasteiger partial charge is 0.497 e. The Kier molecular flexibility index (Phi) is 3.66. The number of nitrogen functional groups attached to an aromatic ring is 1. The molecule has 0 saturated heterocycles. The fourth-order valence-electron chi connectivity index (χ4n) is 1.56. The maximum Gasteiger partial charge on any atom is 0.187 e. The van der Waals surface area contributed by atoms with Crippen molar-refractivity contribution < 1.29 is 13.2 Å². The van der Waals surface area contributed by atoms with Crippen LogP contribution in [0.2, 0.25) is 0 Å². The van der Waals surface area contributed by atoms with Crippen molar-refractivity contribution in [2.45, 2.75) is 10.6 Å². The summed E-state index contributed by atoms with van der Waals surface area (Å²) in [6.07, 6.45) is 2.99. The zero-order chi connectivity index (χ0) is 13.9. The van der Waals surface area contributed by atoms with Gasteiger partial charge in [-0.25, -0.2) is 18.4 Å². The van der Waals surface area contributed by atoms with Crippen LogP contribution in [0, 0.1) is 0 Å². The van der Waals surface area contributed by atoms with E-state index in [0.29, 0.717) is 5.75 Å². The summed E-state index contributed by atoms with van der Waals surface area (Å²) < 4.78 is 29.6. The molecular formula is C12H13N3O3S. The Morgan fingerprint density at radius 1 is 1.26 bits per heavy atom. The molecule has 0 aliphatic carbocycles. The third-order valence-corrected chi connectivity index (χ3v) is 4.16. The first-order valence-electron chi connectivity index (χ1n) is 5.45. The first-order chi connectivity index (χ1) is 9.03. The molecule has 0 atom stereocenters. The Hall–Kier alpha value is -2.15. The molecule has 2 aromatic rings. The van der Waals surface area contributed by atoms with Crippen molar-refractivity contribution in [3.63, 3.8) is 0 Å². The van der Waals surface area contributed by atoms with Gasteiger partial charge in [0.1, 0.15) is 17.3 Å². The van der Waals surface area contributed by atoms with Gasteiger partial charge in [0.15, 0.2) is 9.84 Å². The van der Waals surface area contributed by atoms with Crippen LogP contribution in [0.25, 0.3) is 0 Å². The Labute approximate surface area is 111 Å². The van der Waals surface area contributed by atoms with Crippen molar-refractivity contribution in [3.8, 4) is 5.75 Å². The smallest absolute Gasteiger partial charge is 0.187 e. The molecule has 0 aliphatic rings. The van der Waals surface area contributed by atoms with Gasteiger partial charge in [-0.2, -0.15) is 0 Å². The number of anilines is 1. The Bertz CT molecular complexity index is 672. The number of hydrogen-bond donors (Lipinski definition) is 1. The zero-order valence-electron chi connectivity index (χ0n) is 10.3. The molecule has 0 amide bonds. The van der Waals surface area contributed by atoms with Crippen LogP contribution >= 0.6 is 0 Å². The summed E-state index contributed by atoms with van der Waals surface area (Å²) in [5.41, 5.74) is 5.89. The van der Waals surface area contributed by atoms with Gasteiger partial charge >= 0.3 is 0 Å². The highest BCUT2D eigenvalue weighted by Crippen LogP contribution is 2.26. The second-order valence-electron chi connectivity index (χ2n) is 3.83. The number of sulfone groups is 1. The number of benzene rings is 1. The molecule has 2 N–H and O–H groups in total. The van der Waals surface area contributed by atoms with Gasteiger partial charge in [-0.05, 0) is 18.2 Å². The molecule has 0 spiro atoms. The summed E-state index contributed by atoms with van der Waals surface area (Å²) in [4.78, 5) is 7.83. The number of methoxy groups -OCH3 is 1. The van der Waals surface area contributed by atoms with E-state index in [1.54, 1.807) is 12.1 Å². The molecule has 1 aromatic heterocycles. The van der Waals surface area contributed by atoms with E-state index in [-0.39, 0.29) is 22.2 Å². The summed E-state index contributed by atoms with van der Waals surface area (Å²) in [6, 6.07) is 6.12. The fourth-order valence-corrected chi connectivity index (χ4v) is 2.93. The van der Waals surface area contributed by atoms with Gasteiger partial charge in [-0.15, -0.1) is 0 Å². The van der Waals surface area contributed by atoms with Gasteiger partial charge in [0.05, 0.1) is 17.7 Å². The molecule has 0 radical (unpaired) electrons. The molecular weight excluding hydrogens is 266 g/mol. The van der Waals surface area contributed by atoms with E-state index in [2.05, 4.69) is 9.97 Å².